The summed E-state index contributed by atoms with van der Waals surface area (Å²) in [7, 11) is 2.90. The Morgan fingerprint density at radius 3 is 2.38 bits per heavy atom. The number of halogens is 3. The molecule has 0 radical (unpaired) electrons. The van der Waals surface area contributed by atoms with E-state index in [-0.39, 0.29) is 17.1 Å². The Morgan fingerprint density at radius 1 is 1.14 bits per heavy atom. The summed E-state index contributed by atoms with van der Waals surface area (Å²) in [5.41, 5.74) is -2.70. The molecule has 0 aliphatic carbocycles. The first-order valence-electron chi connectivity index (χ1n) is 8.65. The van der Waals surface area contributed by atoms with Crippen LogP contribution in [0.1, 0.15) is 17.5 Å². The van der Waals surface area contributed by atoms with Gasteiger partial charge in [-0.15, -0.1) is 0 Å². The van der Waals surface area contributed by atoms with Gasteiger partial charge in [-0.05, 0) is 29.8 Å². The molecule has 0 unspecified atom stereocenters. The van der Waals surface area contributed by atoms with Gasteiger partial charge < -0.3 is 14.6 Å². The first-order valence-corrected chi connectivity index (χ1v) is 8.65. The van der Waals surface area contributed by atoms with Crippen LogP contribution in [0.5, 0.6) is 11.5 Å². The third-order valence-electron chi connectivity index (χ3n) is 4.59. The molecule has 154 valence electrons. The van der Waals surface area contributed by atoms with E-state index in [9.17, 15) is 23.1 Å². The Kier molecular flexibility index (Phi) is 5.52. The number of hydrazone groups is 1. The van der Waals surface area contributed by atoms with E-state index in [1.807, 2.05) is 0 Å². The molecule has 1 N–H and O–H groups in total. The molecule has 0 spiro atoms. The number of hydrogen-bond donors (Lipinski definition) is 1. The molecule has 0 saturated heterocycles. The molecule has 1 atom stereocenters. The van der Waals surface area contributed by atoms with Crippen molar-refractivity contribution < 1.29 is 32.5 Å². The van der Waals surface area contributed by atoms with Crippen LogP contribution in [0.25, 0.3) is 0 Å². The van der Waals surface area contributed by atoms with Gasteiger partial charge in [-0.1, -0.05) is 24.3 Å². The summed E-state index contributed by atoms with van der Waals surface area (Å²) in [6.45, 7) is 0. The van der Waals surface area contributed by atoms with Gasteiger partial charge >= 0.3 is 6.18 Å². The van der Waals surface area contributed by atoms with Crippen LogP contribution in [0, 0.1) is 0 Å². The van der Waals surface area contributed by atoms with Gasteiger partial charge in [0.1, 0.15) is 11.5 Å². The molecule has 0 fully saturated rings. The quantitative estimate of drug-likeness (QED) is 0.825. The van der Waals surface area contributed by atoms with E-state index >= 15 is 0 Å². The van der Waals surface area contributed by atoms with Crippen LogP contribution in [0.3, 0.4) is 0 Å². The fourth-order valence-electron chi connectivity index (χ4n) is 2.98. The number of methoxy groups -OCH3 is 2. The minimum absolute atomic E-state index is 0.0631. The summed E-state index contributed by atoms with van der Waals surface area (Å²) in [6.07, 6.45) is -6.33. The topological polar surface area (TPSA) is 71.4 Å². The molecule has 0 aromatic heterocycles. The average Bonchev–Trinajstić information content (AvgIpc) is 3.08. The summed E-state index contributed by atoms with van der Waals surface area (Å²) < 4.78 is 51.1. The fourth-order valence-corrected chi connectivity index (χ4v) is 2.98. The van der Waals surface area contributed by atoms with Crippen molar-refractivity contribution >= 4 is 11.6 Å². The summed E-state index contributed by atoms with van der Waals surface area (Å²) in [4.78, 5) is 12.6. The second-order valence-electron chi connectivity index (χ2n) is 6.50. The number of nitrogens with zero attached hydrogens (tertiary/aromatic N) is 2. The summed E-state index contributed by atoms with van der Waals surface area (Å²) >= 11 is 0. The largest absolute Gasteiger partial charge is 0.497 e. The van der Waals surface area contributed by atoms with Gasteiger partial charge in [0, 0.05) is 5.56 Å². The second kappa shape index (κ2) is 7.75. The zero-order valence-corrected chi connectivity index (χ0v) is 15.7. The Hall–Kier alpha value is -3.07. The number of amides is 1. The molecule has 6 nitrogen and oxygen atoms in total. The molecule has 3 rings (SSSR count). The van der Waals surface area contributed by atoms with Crippen molar-refractivity contribution in [2.45, 2.75) is 24.7 Å². The van der Waals surface area contributed by atoms with E-state index in [2.05, 4.69) is 5.10 Å². The minimum Gasteiger partial charge on any atom is -0.497 e. The number of ether oxygens (including phenoxy) is 2. The third-order valence-corrected chi connectivity index (χ3v) is 4.59. The van der Waals surface area contributed by atoms with Crippen LogP contribution in [0.15, 0.2) is 53.6 Å². The van der Waals surface area contributed by atoms with Crippen molar-refractivity contribution in [3.05, 3.63) is 59.7 Å². The zero-order valence-electron chi connectivity index (χ0n) is 15.7. The van der Waals surface area contributed by atoms with E-state index in [1.54, 1.807) is 36.4 Å². The summed E-state index contributed by atoms with van der Waals surface area (Å²) in [6, 6.07) is 12.6. The van der Waals surface area contributed by atoms with Gasteiger partial charge in [0.15, 0.2) is 0 Å². The first kappa shape index (κ1) is 20.7. The maximum atomic E-state index is 13.7. The smallest absolute Gasteiger partial charge is 0.438 e. The van der Waals surface area contributed by atoms with Gasteiger partial charge in [-0.2, -0.15) is 23.3 Å². The van der Waals surface area contributed by atoms with Crippen LogP contribution < -0.4 is 9.47 Å². The van der Waals surface area contributed by atoms with Gasteiger partial charge in [-0.3, -0.25) is 4.79 Å². The molecule has 2 aromatic rings. The van der Waals surface area contributed by atoms with Crippen LogP contribution in [-0.2, 0) is 11.2 Å². The monoisotopic (exact) mass is 408 g/mol. The van der Waals surface area contributed by atoms with E-state index < -0.39 is 24.2 Å². The highest BCUT2D eigenvalue weighted by Gasteiger charge is 2.63. The SMILES string of the molecule is COc1ccc(CC(=O)N2N=C(c3cccc(OC)c3)C[C@@]2(O)C(F)(F)F)cc1. The van der Waals surface area contributed by atoms with Crippen molar-refractivity contribution in [2.75, 3.05) is 14.2 Å². The number of hydrogen-bond acceptors (Lipinski definition) is 5. The van der Waals surface area contributed by atoms with E-state index in [0.29, 0.717) is 22.6 Å². The molecule has 1 aliphatic rings. The summed E-state index contributed by atoms with van der Waals surface area (Å²) in [5.74, 6) is -0.0101. The molecular weight excluding hydrogens is 389 g/mol. The average molecular weight is 408 g/mol. The maximum Gasteiger partial charge on any atom is 0.438 e. The third kappa shape index (κ3) is 4.04. The van der Waals surface area contributed by atoms with Crippen LogP contribution in [0.2, 0.25) is 0 Å². The van der Waals surface area contributed by atoms with Crippen LogP contribution in [-0.4, -0.2) is 47.9 Å². The minimum atomic E-state index is -5.09. The zero-order chi connectivity index (χ0) is 21.2. The Labute approximate surface area is 165 Å². The van der Waals surface area contributed by atoms with Gasteiger partial charge in [0.05, 0.1) is 32.8 Å². The molecule has 0 saturated carbocycles. The maximum absolute atomic E-state index is 13.7. The molecule has 29 heavy (non-hydrogen) atoms. The van der Waals surface area contributed by atoms with E-state index in [0.717, 1.165) is 0 Å². The molecule has 2 aromatic carbocycles. The number of benzene rings is 2. The predicted octanol–water partition coefficient (Wildman–Crippen LogP) is 3.13. The Balaban J connectivity index is 1.92. The molecule has 0 bridgehead atoms. The predicted molar refractivity (Wildman–Crippen MR) is 98.7 cm³/mol. The normalized spacial score (nSPS) is 19.1. The molecule has 1 amide bonds. The van der Waals surface area contributed by atoms with Crippen LogP contribution in [0.4, 0.5) is 13.2 Å². The van der Waals surface area contributed by atoms with Crippen molar-refractivity contribution in [3.63, 3.8) is 0 Å². The van der Waals surface area contributed by atoms with Crippen molar-refractivity contribution in [2.24, 2.45) is 5.10 Å². The lowest BCUT2D eigenvalue weighted by Crippen LogP contribution is -2.57. The first-order chi connectivity index (χ1) is 13.7. The Bertz CT molecular complexity index is 928. The highest BCUT2D eigenvalue weighted by atomic mass is 19.4. The lowest BCUT2D eigenvalue weighted by molar-refractivity contribution is -0.302. The number of carbonyl (C=O) groups is 1. The highest BCUT2D eigenvalue weighted by molar-refractivity contribution is 6.04. The molecule has 1 aliphatic heterocycles. The van der Waals surface area contributed by atoms with Gasteiger partial charge in [0.2, 0.25) is 5.91 Å². The van der Waals surface area contributed by atoms with Gasteiger partial charge in [0.25, 0.3) is 5.72 Å². The number of aliphatic hydroxyl groups is 1. The highest BCUT2D eigenvalue weighted by Crippen LogP contribution is 2.41. The standard InChI is InChI=1S/C20H19F3N2O4/c1-28-15-8-6-13(7-9-15)10-18(26)25-19(27,20(21,22)23)12-17(24-25)14-4-3-5-16(11-14)29-2/h3-9,11,27H,10,12H2,1-2H3/t19-/m1/s1. The lowest BCUT2D eigenvalue weighted by atomic mass is 10.0. The molecule has 9 heteroatoms. The summed E-state index contributed by atoms with van der Waals surface area (Å²) in [5, 5.41) is 14.4. The second-order valence-corrected chi connectivity index (χ2v) is 6.50. The van der Waals surface area contributed by atoms with E-state index in [1.165, 1.54) is 26.4 Å². The molecule has 1 heterocycles. The van der Waals surface area contributed by atoms with Crippen molar-refractivity contribution in [1.82, 2.24) is 5.01 Å². The van der Waals surface area contributed by atoms with Crippen LogP contribution >= 0.6 is 0 Å². The lowest BCUT2D eigenvalue weighted by Gasteiger charge is -2.32. The van der Waals surface area contributed by atoms with Crippen molar-refractivity contribution in [1.29, 1.82) is 0 Å². The van der Waals surface area contributed by atoms with Gasteiger partial charge in [-0.25, -0.2) is 0 Å². The Morgan fingerprint density at radius 2 is 1.79 bits per heavy atom. The van der Waals surface area contributed by atoms with Crippen molar-refractivity contribution in [3.8, 4) is 11.5 Å². The number of carbonyl (C=O) groups excluding carboxylic acids is 1. The fraction of sp³-hybridized carbons (Fsp3) is 0.300. The number of alkyl halides is 3. The number of rotatable bonds is 5. The van der Waals surface area contributed by atoms with E-state index in [4.69, 9.17) is 9.47 Å². The molecular formula is C20H19F3N2O4.